The second-order valence-electron chi connectivity index (χ2n) is 30.8. The van der Waals surface area contributed by atoms with Crippen molar-refractivity contribution >= 4 is 97.0 Å². The van der Waals surface area contributed by atoms with Gasteiger partial charge in [0.1, 0.15) is 19.6 Å². The van der Waals surface area contributed by atoms with Crippen LogP contribution in [0.5, 0.6) is 6.01 Å². The molecule has 10 atom stereocenters. The summed E-state index contributed by atoms with van der Waals surface area (Å²) in [4.78, 5) is 93.7. The van der Waals surface area contributed by atoms with Gasteiger partial charge in [0, 0.05) is 65.4 Å². The zero-order valence-corrected chi connectivity index (χ0v) is 61.9. The van der Waals surface area contributed by atoms with Gasteiger partial charge in [-0.3, -0.25) is 47.3 Å². The number of fused-ring (bicyclic) bond motifs is 6. The number of Topliss-reactive ketones (excluding diaryl/α,β-unsaturated/α-hetero) is 2. The molecule has 2 aromatic heterocycles. The lowest BCUT2D eigenvalue weighted by molar-refractivity contribution is -0.142. The SMILES string of the molecule is CCCOCn1c(O[C@@H]2C[C@H]3C(=O)C[C@]4(C(=O)NS(=O)(=O)C5(C)CC5)C[C@H]4/C=C\CCCCC[C@H](C)C(=O)N3C2)nc2ccccc21.C[C@H]1CCCCC/C=C\[C@@H]2C[C@@]2(C(=O)NS(=O)(=O)C2(C)CC2)CC(=O)[C@@H]2C[C@@H](O)CN2C1=O.C[Si](C)(C)CCOCn1c(Cl)nc2ccccc21. The number of hydrogen-bond donors (Lipinski definition) is 3. The molecule has 26 heteroatoms. The fraction of sp³-hybridized carbons (Fsp3) is 0.667. The smallest absolute Gasteiger partial charge is 0.299 e. The van der Waals surface area contributed by atoms with Crippen LogP contribution in [0.3, 0.4) is 0 Å². The normalized spacial score (nSPS) is 29.4. The summed E-state index contributed by atoms with van der Waals surface area (Å²) < 4.78 is 76.0. The topological polar surface area (TPSA) is 285 Å². The van der Waals surface area contributed by atoms with Gasteiger partial charge in [0.15, 0.2) is 11.6 Å². The number of imidazole rings is 2. The molecule has 8 aliphatic rings. The molecular formula is C72H103ClN8O14S2Si. The average Bonchev–Trinajstić information content (AvgIpc) is 1.57. The first-order valence-corrected chi connectivity index (χ1v) is 42.7. The number of aromatic nitrogens is 4. The van der Waals surface area contributed by atoms with Crippen molar-refractivity contribution in [1.29, 1.82) is 0 Å². The van der Waals surface area contributed by atoms with Crippen molar-refractivity contribution in [2.75, 3.05) is 26.3 Å². The lowest BCUT2D eigenvalue weighted by Gasteiger charge is -2.28. The number of ketones is 2. The molecule has 2 saturated heterocycles. The lowest BCUT2D eigenvalue weighted by atomic mass is 9.91. The van der Waals surface area contributed by atoms with Gasteiger partial charge in [-0.25, -0.2) is 21.8 Å². The van der Waals surface area contributed by atoms with Crippen molar-refractivity contribution in [2.24, 2.45) is 34.5 Å². The van der Waals surface area contributed by atoms with E-state index in [4.69, 9.17) is 30.8 Å². The Hall–Kier alpha value is -5.83. The number of nitrogens with one attached hydrogen (secondary N) is 2. The molecule has 4 aromatic rings. The van der Waals surface area contributed by atoms with E-state index in [0.717, 1.165) is 105 Å². The highest BCUT2D eigenvalue weighted by atomic mass is 35.5. The van der Waals surface area contributed by atoms with E-state index in [0.29, 0.717) is 63.2 Å². The van der Waals surface area contributed by atoms with Crippen LogP contribution in [0.15, 0.2) is 72.8 Å². The molecule has 4 saturated carbocycles. The Labute approximate surface area is 584 Å². The summed E-state index contributed by atoms with van der Waals surface area (Å²) >= 11 is 6.12. The Morgan fingerprint density at radius 1 is 0.653 bits per heavy atom. The number of carbonyl (C=O) groups is 6. The third-order valence-corrected chi connectivity index (χ3v) is 27.9. The summed E-state index contributed by atoms with van der Waals surface area (Å²) in [5.41, 5.74) is 1.29. The molecule has 538 valence electrons. The molecule has 0 radical (unpaired) electrons. The number of carbonyl (C=O) groups excluding carboxylic acids is 6. The van der Waals surface area contributed by atoms with Crippen LogP contribution in [-0.4, -0.2) is 154 Å². The number of rotatable bonds is 17. The van der Waals surface area contributed by atoms with E-state index in [-0.39, 0.29) is 92.6 Å². The maximum atomic E-state index is 14.2. The second-order valence-corrected chi connectivity index (χ2v) is 41.1. The number of para-hydroxylation sites is 4. The van der Waals surface area contributed by atoms with Gasteiger partial charge < -0.3 is 29.1 Å². The molecule has 0 spiro atoms. The number of hydrogen-bond acceptors (Lipinski definition) is 16. The highest BCUT2D eigenvalue weighted by Gasteiger charge is 2.64. The van der Waals surface area contributed by atoms with Crippen LogP contribution in [0, 0.1) is 34.5 Å². The molecule has 98 heavy (non-hydrogen) atoms. The molecule has 4 amide bonds. The third kappa shape index (κ3) is 17.4. The summed E-state index contributed by atoms with van der Waals surface area (Å²) in [6.45, 7) is 18.5. The van der Waals surface area contributed by atoms with Crippen molar-refractivity contribution in [1.82, 2.24) is 38.3 Å². The van der Waals surface area contributed by atoms with Gasteiger partial charge in [-0.1, -0.05) is 115 Å². The monoisotopic (exact) mass is 1430 g/mol. The Balaban J connectivity index is 0.000000176. The molecular weight excluding hydrogens is 1330 g/mol. The highest BCUT2D eigenvalue weighted by molar-refractivity contribution is 7.92. The first-order valence-electron chi connectivity index (χ1n) is 35.6. The molecule has 6 fully saturated rings. The average molecular weight is 1430 g/mol. The zero-order valence-electron chi connectivity index (χ0n) is 58.5. The van der Waals surface area contributed by atoms with Crippen molar-refractivity contribution in [3.63, 3.8) is 0 Å². The molecule has 22 nitrogen and oxygen atoms in total. The summed E-state index contributed by atoms with van der Waals surface area (Å²) in [6, 6.07) is 15.6. The maximum absolute atomic E-state index is 14.2. The van der Waals surface area contributed by atoms with E-state index in [1.807, 2.05) is 96.7 Å². The van der Waals surface area contributed by atoms with Gasteiger partial charge in [-0.15, -0.1) is 0 Å². The number of benzene rings is 2. The minimum Gasteiger partial charge on any atom is -0.459 e. The van der Waals surface area contributed by atoms with E-state index in [2.05, 4.69) is 40.1 Å². The van der Waals surface area contributed by atoms with E-state index >= 15 is 0 Å². The first-order chi connectivity index (χ1) is 46.4. The minimum absolute atomic E-state index is 0.0997. The van der Waals surface area contributed by atoms with Gasteiger partial charge in [0.2, 0.25) is 49.0 Å². The van der Waals surface area contributed by atoms with Gasteiger partial charge in [0.05, 0.1) is 67.1 Å². The Kier molecular flexibility index (Phi) is 23.5. The molecule has 0 unspecified atom stereocenters. The third-order valence-electron chi connectivity index (χ3n) is 21.5. The van der Waals surface area contributed by atoms with Crippen LogP contribution < -0.4 is 14.2 Å². The van der Waals surface area contributed by atoms with Crippen LogP contribution in [-0.2, 0) is 71.7 Å². The molecule has 4 aliphatic heterocycles. The van der Waals surface area contributed by atoms with Crippen molar-refractivity contribution in [3.8, 4) is 6.01 Å². The number of sulfonamides is 2. The summed E-state index contributed by atoms with van der Waals surface area (Å²) in [5, 5.41) is 10.7. The maximum Gasteiger partial charge on any atom is 0.299 e. The van der Waals surface area contributed by atoms with Crippen molar-refractivity contribution < 1.29 is 64.9 Å². The standard InChI is InChI=1S/C35H48N4O7S.C24H36N2O6S.C13H19ClN2OSi/c1-4-18-45-23-39-28-15-11-10-14-27(28)36-33(39)46-26-19-29-30(40)21-35(32(42)37-47(43,44)34(3)16-17-34)20-25(35)13-9-7-5-6-8-12-24(2)31(41)38(29)22-26;1-16-8-6-4-3-5-7-9-17-13-24(17,22(30)25-33(31,32)23(2)10-11-23)14-20(28)19-12-18(27)15-26(19)21(16)29;1-18(2,3)9-8-17-10-16-12-7-5-4-6-11(12)15-13(16)14/h9-11,13-15,24-26,29H,4-8,12,16-23H2,1-3H3,(H,37,42);7,9,16-19,27H,3-6,8,10-15H2,1-2H3,(H,25,30);4-7H,8-10H2,1-3H3/b13-9-;9-7-;/t24-,25+,26+,29-,35+;16-,17+,18+,19-,24+;/m00./s1. The largest absolute Gasteiger partial charge is 0.459 e. The van der Waals surface area contributed by atoms with E-state index in [1.54, 1.807) is 18.7 Å². The molecule has 2 aromatic carbocycles. The fourth-order valence-electron chi connectivity index (χ4n) is 14.0. The Morgan fingerprint density at radius 3 is 1.63 bits per heavy atom. The van der Waals surface area contributed by atoms with E-state index in [1.165, 1.54) is 4.90 Å². The number of ether oxygens (including phenoxy) is 3. The summed E-state index contributed by atoms with van der Waals surface area (Å²) in [5.74, 6) is -2.93. The van der Waals surface area contributed by atoms with Gasteiger partial charge in [0.25, 0.3) is 6.01 Å². The molecule has 4 aliphatic carbocycles. The molecule has 0 bridgehead atoms. The number of amides is 4. The summed E-state index contributed by atoms with van der Waals surface area (Å²) in [7, 11) is -8.71. The number of nitrogens with zero attached hydrogens (tertiary/aromatic N) is 6. The van der Waals surface area contributed by atoms with Crippen molar-refractivity contribution in [2.45, 2.75) is 242 Å². The number of halogens is 1. The fourth-order valence-corrected chi connectivity index (χ4v) is 17.7. The second kappa shape index (κ2) is 30.8. The predicted octanol–water partition coefficient (Wildman–Crippen LogP) is 11.0. The Morgan fingerprint density at radius 2 is 1.12 bits per heavy atom. The minimum atomic E-state index is -3.87. The highest BCUT2D eigenvalue weighted by Crippen LogP contribution is 2.59. The predicted molar refractivity (Wildman–Crippen MR) is 378 cm³/mol. The number of allylic oxidation sites excluding steroid dienone is 4. The first kappa shape index (κ1) is 74.8. The van der Waals surface area contributed by atoms with Crippen molar-refractivity contribution in [3.05, 3.63) is 78.1 Å². The van der Waals surface area contributed by atoms with Gasteiger partial charge in [-0.05, 0) is 151 Å². The van der Waals surface area contributed by atoms with E-state index in [9.17, 15) is 50.7 Å². The summed E-state index contributed by atoms with van der Waals surface area (Å²) in [6.07, 6.45) is 19.4. The number of aliphatic hydroxyl groups is 1. The van der Waals surface area contributed by atoms with E-state index < -0.39 is 84.6 Å². The molecule has 6 heterocycles. The molecule has 3 N–H and O–H groups in total. The van der Waals surface area contributed by atoms with Crippen LogP contribution in [0.1, 0.15) is 169 Å². The zero-order chi connectivity index (χ0) is 70.6. The Bertz CT molecular complexity index is 3880. The van der Waals surface area contributed by atoms with Crippen LogP contribution in [0.2, 0.25) is 31.0 Å². The molecule has 12 rings (SSSR count). The van der Waals surface area contributed by atoms with Crippen LogP contribution in [0.25, 0.3) is 22.1 Å². The van der Waals surface area contributed by atoms with Gasteiger partial charge >= 0.3 is 0 Å². The van der Waals surface area contributed by atoms with Crippen LogP contribution >= 0.6 is 11.6 Å². The number of aliphatic hydroxyl groups excluding tert-OH is 1. The quantitative estimate of drug-likeness (QED) is 0.0503. The van der Waals surface area contributed by atoms with Gasteiger partial charge in [-0.2, -0.15) is 4.98 Å². The lowest BCUT2D eigenvalue weighted by Crippen LogP contribution is -2.46. The van der Waals surface area contributed by atoms with Crippen LogP contribution in [0.4, 0.5) is 0 Å².